The maximum atomic E-state index is 11.0. The maximum Gasteiger partial charge on any atom is 0.344 e. The highest BCUT2D eigenvalue weighted by atomic mass is 35.5. The van der Waals surface area contributed by atoms with Crippen molar-refractivity contribution in [3.05, 3.63) is 27.0 Å². The van der Waals surface area contributed by atoms with Gasteiger partial charge in [-0.05, 0) is 0 Å². The fourth-order valence-electron chi connectivity index (χ4n) is 0.752. The number of hydrogen-bond acceptors (Lipinski definition) is 4. The van der Waals surface area contributed by atoms with Crippen LogP contribution < -0.4 is 11.2 Å². The van der Waals surface area contributed by atoms with Crippen molar-refractivity contribution in [2.75, 3.05) is 6.61 Å². The number of aromatic amines is 1. The van der Waals surface area contributed by atoms with Gasteiger partial charge in [-0.25, -0.2) is 9.48 Å². The van der Waals surface area contributed by atoms with Crippen molar-refractivity contribution >= 4 is 11.6 Å². The van der Waals surface area contributed by atoms with Crippen LogP contribution in [-0.2, 0) is 6.54 Å². The predicted octanol–water partition coefficient (Wildman–Crippen LogP) is -1.47. The summed E-state index contributed by atoms with van der Waals surface area (Å²) in [5.74, 6) is 0. The van der Waals surface area contributed by atoms with Gasteiger partial charge in [0.25, 0.3) is 5.56 Å². The molecule has 72 valence electrons. The summed E-state index contributed by atoms with van der Waals surface area (Å²) in [5.41, 5.74) is -1.19. The second-order valence-corrected chi connectivity index (χ2v) is 3.02. The normalized spacial score (nSPS) is 12.8. The van der Waals surface area contributed by atoms with Crippen molar-refractivity contribution < 1.29 is 5.11 Å². The number of aliphatic hydroxyl groups is 1. The molecule has 0 aromatic carbocycles. The van der Waals surface area contributed by atoms with Gasteiger partial charge in [0, 0.05) is 0 Å². The first kappa shape index (κ1) is 9.94. The predicted molar refractivity (Wildman–Crippen MR) is 45.8 cm³/mol. The monoisotopic (exact) mass is 205 g/mol. The minimum Gasteiger partial charge on any atom is -0.395 e. The van der Waals surface area contributed by atoms with Crippen LogP contribution in [-0.4, -0.2) is 31.9 Å². The first-order chi connectivity index (χ1) is 6.13. The van der Waals surface area contributed by atoms with Gasteiger partial charge in [0.05, 0.1) is 18.5 Å². The van der Waals surface area contributed by atoms with Crippen molar-refractivity contribution in [3.8, 4) is 0 Å². The average Bonchev–Trinajstić information content (AvgIpc) is 2.09. The van der Waals surface area contributed by atoms with Gasteiger partial charge in [-0.3, -0.25) is 9.78 Å². The lowest BCUT2D eigenvalue weighted by Crippen LogP contribution is -2.34. The minimum atomic E-state index is -0.633. The van der Waals surface area contributed by atoms with Crippen LogP contribution in [0.3, 0.4) is 0 Å². The number of hydrogen-bond donors (Lipinski definition) is 2. The molecule has 1 atom stereocenters. The van der Waals surface area contributed by atoms with E-state index in [1.54, 1.807) is 0 Å². The molecule has 7 heteroatoms. The van der Waals surface area contributed by atoms with Gasteiger partial charge in [-0.2, -0.15) is 5.10 Å². The van der Waals surface area contributed by atoms with Crippen LogP contribution in [0.25, 0.3) is 0 Å². The topological polar surface area (TPSA) is 88.0 Å². The number of rotatable bonds is 3. The summed E-state index contributed by atoms with van der Waals surface area (Å²) in [6.45, 7) is -0.192. The fraction of sp³-hybridized carbons (Fsp3) is 0.500. The molecular weight excluding hydrogens is 198 g/mol. The molecule has 0 saturated carbocycles. The Hall–Kier alpha value is -1.14. The number of alkyl halides is 1. The van der Waals surface area contributed by atoms with E-state index in [0.29, 0.717) is 0 Å². The number of H-pyrrole nitrogens is 1. The van der Waals surface area contributed by atoms with E-state index in [-0.39, 0.29) is 13.2 Å². The number of aromatic nitrogens is 3. The lowest BCUT2D eigenvalue weighted by atomic mass is 10.4. The Morgan fingerprint density at radius 2 is 2.38 bits per heavy atom. The van der Waals surface area contributed by atoms with Gasteiger partial charge in [-0.1, -0.05) is 0 Å². The summed E-state index contributed by atoms with van der Waals surface area (Å²) in [4.78, 5) is 23.6. The van der Waals surface area contributed by atoms with E-state index in [4.69, 9.17) is 16.7 Å². The molecule has 0 aliphatic heterocycles. The molecule has 0 bridgehead atoms. The Morgan fingerprint density at radius 3 is 2.92 bits per heavy atom. The van der Waals surface area contributed by atoms with E-state index in [2.05, 4.69) is 5.10 Å². The molecule has 2 N–H and O–H groups in total. The lowest BCUT2D eigenvalue weighted by Gasteiger charge is -2.05. The van der Waals surface area contributed by atoms with Crippen LogP contribution in [0.4, 0.5) is 0 Å². The van der Waals surface area contributed by atoms with Crippen LogP contribution in [0, 0.1) is 0 Å². The summed E-state index contributed by atoms with van der Waals surface area (Å²) in [6, 6.07) is 0. The van der Waals surface area contributed by atoms with Crippen LogP contribution in [0.1, 0.15) is 0 Å². The average molecular weight is 206 g/mol. The molecule has 0 saturated heterocycles. The zero-order chi connectivity index (χ0) is 9.84. The Bertz CT molecular complexity index is 385. The van der Waals surface area contributed by atoms with E-state index in [1.807, 2.05) is 4.98 Å². The standard InChI is InChI=1S/C6H8ClN3O3/c7-4(3-11)2-10-6(13)9-5(12)1-8-10/h1,4,11H,2-3H2,(H,9,12,13). The minimum absolute atomic E-state index is 0.0632. The van der Waals surface area contributed by atoms with Crippen molar-refractivity contribution in [2.24, 2.45) is 0 Å². The molecular formula is C6H8ClN3O3. The molecule has 0 amide bonds. The van der Waals surface area contributed by atoms with Gasteiger partial charge in [0.1, 0.15) is 6.20 Å². The molecule has 1 rings (SSSR count). The largest absolute Gasteiger partial charge is 0.395 e. The van der Waals surface area contributed by atoms with Gasteiger partial charge >= 0.3 is 5.69 Å². The molecule has 0 spiro atoms. The van der Waals surface area contributed by atoms with Crippen molar-refractivity contribution in [1.29, 1.82) is 0 Å². The molecule has 0 fully saturated rings. The van der Waals surface area contributed by atoms with E-state index >= 15 is 0 Å². The fourth-order valence-corrected chi connectivity index (χ4v) is 0.883. The van der Waals surface area contributed by atoms with E-state index < -0.39 is 16.6 Å². The summed E-state index contributed by atoms with van der Waals surface area (Å²) in [6.07, 6.45) is 0.975. The van der Waals surface area contributed by atoms with Crippen LogP contribution in [0.2, 0.25) is 0 Å². The Morgan fingerprint density at radius 1 is 1.69 bits per heavy atom. The van der Waals surface area contributed by atoms with Gasteiger partial charge in [0.15, 0.2) is 0 Å². The molecule has 1 aromatic rings. The zero-order valence-corrected chi connectivity index (χ0v) is 7.36. The first-order valence-corrected chi connectivity index (χ1v) is 3.98. The Kier molecular flexibility index (Phi) is 3.21. The molecule has 1 unspecified atom stereocenters. The molecule has 0 aliphatic carbocycles. The Balaban J connectivity index is 2.90. The van der Waals surface area contributed by atoms with Gasteiger partial charge < -0.3 is 5.11 Å². The molecule has 1 heterocycles. The van der Waals surface area contributed by atoms with Crippen molar-refractivity contribution in [3.63, 3.8) is 0 Å². The number of nitrogens with one attached hydrogen (secondary N) is 1. The second-order valence-electron chi connectivity index (χ2n) is 2.40. The highest BCUT2D eigenvalue weighted by Crippen LogP contribution is 1.94. The Labute approximate surface area is 77.8 Å². The maximum absolute atomic E-state index is 11.0. The number of nitrogens with zero attached hydrogens (tertiary/aromatic N) is 2. The summed E-state index contributed by atoms with van der Waals surface area (Å²) < 4.78 is 0.981. The summed E-state index contributed by atoms with van der Waals surface area (Å²) in [7, 11) is 0. The highest BCUT2D eigenvalue weighted by molar-refractivity contribution is 6.20. The SMILES string of the molecule is O=c1cnn(CC(Cl)CO)c(=O)[nH]1. The lowest BCUT2D eigenvalue weighted by molar-refractivity contribution is 0.278. The van der Waals surface area contributed by atoms with Crippen LogP contribution >= 0.6 is 11.6 Å². The first-order valence-electron chi connectivity index (χ1n) is 3.55. The van der Waals surface area contributed by atoms with E-state index in [9.17, 15) is 9.59 Å². The smallest absolute Gasteiger partial charge is 0.344 e. The van der Waals surface area contributed by atoms with E-state index in [0.717, 1.165) is 10.9 Å². The highest BCUT2D eigenvalue weighted by Gasteiger charge is 2.05. The quantitative estimate of drug-likeness (QED) is 0.590. The van der Waals surface area contributed by atoms with Crippen molar-refractivity contribution in [1.82, 2.24) is 14.8 Å². The molecule has 1 aromatic heterocycles. The second kappa shape index (κ2) is 4.20. The van der Waals surface area contributed by atoms with E-state index in [1.165, 1.54) is 0 Å². The molecule has 0 aliphatic rings. The zero-order valence-electron chi connectivity index (χ0n) is 6.61. The van der Waals surface area contributed by atoms with Crippen LogP contribution in [0.5, 0.6) is 0 Å². The van der Waals surface area contributed by atoms with Gasteiger partial charge in [0.2, 0.25) is 0 Å². The number of aliphatic hydroxyl groups excluding tert-OH is 1. The molecule has 13 heavy (non-hydrogen) atoms. The third-order valence-electron chi connectivity index (χ3n) is 1.35. The third-order valence-corrected chi connectivity index (χ3v) is 1.62. The molecule has 0 radical (unpaired) electrons. The number of halogens is 1. The van der Waals surface area contributed by atoms with Gasteiger partial charge in [-0.15, -0.1) is 11.6 Å². The summed E-state index contributed by atoms with van der Waals surface area (Å²) >= 11 is 5.57. The third kappa shape index (κ3) is 2.67. The summed E-state index contributed by atoms with van der Waals surface area (Å²) in [5, 5.41) is 11.5. The van der Waals surface area contributed by atoms with Crippen LogP contribution in [0.15, 0.2) is 15.8 Å². The molecule has 6 nitrogen and oxygen atoms in total. The van der Waals surface area contributed by atoms with Crippen molar-refractivity contribution in [2.45, 2.75) is 11.9 Å².